The zero-order valence-electron chi connectivity index (χ0n) is 19.3. The molecule has 12 heteroatoms. The van der Waals surface area contributed by atoms with Gasteiger partial charge >= 0.3 is 0 Å². The van der Waals surface area contributed by atoms with Crippen molar-refractivity contribution < 1.29 is 19.4 Å². The van der Waals surface area contributed by atoms with E-state index in [1.807, 2.05) is 11.1 Å². The Kier molecular flexibility index (Phi) is 5.58. The zero-order chi connectivity index (χ0) is 24.1. The van der Waals surface area contributed by atoms with Gasteiger partial charge in [0.2, 0.25) is 6.23 Å². The van der Waals surface area contributed by atoms with E-state index < -0.39 is 18.2 Å². The van der Waals surface area contributed by atoms with Crippen LogP contribution in [0.2, 0.25) is 0 Å². The molecule has 3 N–H and O–H groups in total. The Morgan fingerprint density at radius 3 is 2.83 bits per heavy atom. The van der Waals surface area contributed by atoms with Crippen LogP contribution in [0, 0.1) is 0 Å². The maximum atomic E-state index is 12.4. The van der Waals surface area contributed by atoms with Crippen molar-refractivity contribution in [3.63, 3.8) is 0 Å². The van der Waals surface area contributed by atoms with Gasteiger partial charge in [-0.1, -0.05) is 11.3 Å². The summed E-state index contributed by atoms with van der Waals surface area (Å²) in [6, 6.07) is 2.05. The third kappa shape index (κ3) is 4.21. The second-order valence-electron chi connectivity index (χ2n) is 9.16. The first-order valence-corrected chi connectivity index (χ1v) is 12.6. The fourth-order valence-corrected chi connectivity index (χ4v) is 5.50. The Hall–Kier alpha value is -3.22. The molecule has 1 saturated carbocycles. The number of nitrogens with zero attached hydrogens (tertiary/aromatic N) is 6. The Bertz CT molecular complexity index is 1290. The highest BCUT2D eigenvalue weighted by Gasteiger charge is 2.39. The molecule has 0 aromatic carbocycles. The lowest BCUT2D eigenvalue weighted by molar-refractivity contribution is -0.114. The van der Waals surface area contributed by atoms with Crippen molar-refractivity contribution in [2.75, 3.05) is 36.1 Å². The zero-order valence-corrected chi connectivity index (χ0v) is 20.1. The second kappa shape index (κ2) is 8.77. The summed E-state index contributed by atoms with van der Waals surface area (Å²) < 4.78 is 14.0. The van der Waals surface area contributed by atoms with Crippen LogP contribution in [0.5, 0.6) is 0 Å². The molecule has 11 nitrogen and oxygen atoms in total. The van der Waals surface area contributed by atoms with Crippen molar-refractivity contribution in [3.05, 3.63) is 41.7 Å². The number of carbonyl (C=O) groups excluding carboxylic acids is 1. The summed E-state index contributed by atoms with van der Waals surface area (Å²) in [6.45, 7) is 5.03. The van der Waals surface area contributed by atoms with Crippen molar-refractivity contribution in [3.8, 4) is 0 Å². The van der Waals surface area contributed by atoms with Crippen LogP contribution in [0.3, 0.4) is 0 Å². The number of rotatable bonds is 7. The van der Waals surface area contributed by atoms with E-state index in [9.17, 15) is 9.90 Å². The Balaban J connectivity index is 1.42. The molecule has 6 rings (SSSR count). The minimum Gasteiger partial charge on any atom is -0.471 e. The lowest BCUT2D eigenvalue weighted by Gasteiger charge is -2.27. The Labute approximate surface area is 205 Å². The monoisotopic (exact) mass is 497 g/mol. The van der Waals surface area contributed by atoms with Crippen LogP contribution in [0.1, 0.15) is 43.2 Å². The maximum Gasteiger partial charge on any atom is 0.268 e. The number of pyridine rings is 1. The summed E-state index contributed by atoms with van der Waals surface area (Å²) in [5.41, 5.74) is 9.19. The third-order valence-electron chi connectivity index (χ3n) is 6.33. The largest absolute Gasteiger partial charge is 0.471 e. The molecule has 1 saturated heterocycles. The minimum atomic E-state index is -0.622. The molecule has 5 heterocycles. The standard InChI is InChI=1S/C23H27N7O4S/c1-13(31)10-29-11-15(9-25-29)22-30(17(12-34-22)20(24)32)16-8-18-21(26-19(16)14-2-3-14)27-23(35-18)28-4-6-33-7-5-28/h8-9,11-14,22,31H,2-7,10H2,1H3,(H2,24,32)/t13?,22-/m0/s1. The summed E-state index contributed by atoms with van der Waals surface area (Å²) in [6.07, 6.45) is 5.82. The first-order valence-electron chi connectivity index (χ1n) is 11.8. The third-order valence-corrected chi connectivity index (χ3v) is 7.38. The summed E-state index contributed by atoms with van der Waals surface area (Å²) in [7, 11) is 0. The first kappa shape index (κ1) is 22.3. The minimum absolute atomic E-state index is 0.263. The van der Waals surface area contributed by atoms with Gasteiger partial charge in [-0.15, -0.1) is 0 Å². The van der Waals surface area contributed by atoms with Gasteiger partial charge in [0.25, 0.3) is 5.91 Å². The molecule has 1 amide bonds. The van der Waals surface area contributed by atoms with Crippen LogP contribution in [-0.2, 0) is 20.8 Å². The molecule has 1 unspecified atom stereocenters. The van der Waals surface area contributed by atoms with Gasteiger partial charge in [0.1, 0.15) is 12.0 Å². The van der Waals surface area contributed by atoms with Crippen LogP contribution in [0.15, 0.2) is 30.4 Å². The molecule has 35 heavy (non-hydrogen) atoms. The average molecular weight is 498 g/mol. The van der Waals surface area contributed by atoms with E-state index in [2.05, 4.69) is 16.1 Å². The maximum absolute atomic E-state index is 12.4. The van der Waals surface area contributed by atoms with E-state index in [-0.39, 0.29) is 5.70 Å². The van der Waals surface area contributed by atoms with E-state index in [1.165, 1.54) is 6.26 Å². The first-order chi connectivity index (χ1) is 17.0. The van der Waals surface area contributed by atoms with Gasteiger partial charge in [0, 0.05) is 25.2 Å². The van der Waals surface area contributed by atoms with E-state index in [4.69, 9.17) is 25.2 Å². The molecule has 0 spiro atoms. The number of aromatic nitrogens is 4. The molecule has 0 radical (unpaired) electrons. The molecule has 2 aliphatic heterocycles. The van der Waals surface area contributed by atoms with Gasteiger partial charge < -0.3 is 25.2 Å². The lowest BCUT2D eigenvalue weighted by Crippen LogP contribution is -2.36. The fourth-order valence-electron chi connectivity index (χ4n) is 4.51. The van der Waals surface area contributed by atoms with Crippen molar-refractivity contribution in [1.29, 1.82) is 0 Å². The number of aliphatic hydroxyl groups is 1. The number of carbonyl (C=O) groups is 1. The Morgan fingerprint density at radius 2 is 2.11 bits per heavy atom. The summed E-state index contributed by atoms with van der Waals surface area (Å²) in [5, 5.41) is 15.0. The van der Waals surface area contributed by atoms with Crippen LogP contribution in [-0.4, -0.2) is 63.2 Å². The topological polar surface area (TPSA) is 132 Å². The molecule has 3 aromatic rings. The lowest BCUT2D eigenvalue weighted by atomic mass is 10.1. The molecule has 2 atom stereocenters. The molecule has 1 aliphatic carbocycles. The Morgan fingerprint density at radius 1 is 1.31 bits per heavy atom. The van der Waals surface area contributed by atoms with Crippen molar-refractivity contribution in [2.45, 2.75) is 44.6 Å². The van der Waals surface area contributed by atoms with Gasteiger partial charge in [0.05, 0.1) is 53.7 Å². The summed E-state index contributed by atoms with van der Waals surface area (Å²) in [4.78, 5) is 26.3. The van der Waals surface area contributed by atoms with Gasteiger partial charge in [-0.05, 0) is 25.8 Å². The van der Waals surface area contributed by atoms with Crippen LogP contribution >= 0.6 is 11.3 Å². The van der Waals surface area contributed by atoms with E-state index >= 15 is 0 Å². The smallest absolute Gasteiger partial charge is 0.268 e. The number of aliphatic hydroxyl groups excluding tert-OH is 1. The average Bonchev–Trinajstić information content (AvgIpc) is 3.24. The molecule has 3 aromatic heterocycles. The number of amides is 1. The number of ether oxygens (including phenoxy) is 2. The van der Waals surface area contributed by atoms with Crippen molar-refractivity contribution >= 4 is 38.4 Å². The van der Waals surface area contributed by atoms with E-state index in [1.54, 1.807) is 29.1 Å². The van der Waals surface area contributed by atoms with Crippen LogP contribution in [0.4, 0.5) is 10.8 Å². The molecule has 3 aliphatic rings. The van der Waals surface area contributed by atoms with E-state index in [0.717, 1.165) is 52.7 Å². The number of fused-ring (bicyclic) bond motifs is 1. The molecule has 0 bridgehead atoms. The predicted molar refractivity (Wildman–Crippen MR) is 130 cm³/mol. The van der Waals surface area contributed by atoms with Crippen molar-refractivity contribution in [2.24, 2.45) is 5.73 Å². The molecular weight excluding hydrogens is 470 g/mol. The van der Waals surface area contributed by atoms with Gasteiger partial charge in [-0.25, -0.2) is 4.98 Å². The molecule has 184 valence electrons. The highest BCUT2D eigenvalue weighted by molar-refractivity contribution is 7.22. The number of hydrogen-bond donors (Lipinski definition) is 2. The normalized spacial score (nSPS) is 21.3. The van der Waals surface area contributed by atoms with Crippen molar-refractivity contribution in [1.82, 2.24) is 19.7 Å². The van der Waals surface area contributed by atoms with Gasteiger partial charge in [-0.3, -0.25) is 14.4 Å². The number of anilines is 2. The molecular formula is C23H27N7O4S. The number of thiazole rings is 1. The predicted octanol–water partition coefficient (Wildman–Crippen LogP) is 1.84. The summed E-state index contributed by atoms with van der Waals surface area (Å²) >= 11 is 1.58. The molecule has 2 fully saturated rings. The van der Waals surface area contributed by atoms with Gasteiger partial charge in [0.15, 0.2) is 10.8 Å². The highest BCUT2D eigenvalue weighted by Crippen LogP contribution is 2.48. The highest BCUT2D eigenvalue weighted by atomic mass is 32.1. The second-order valence-corrected chi connectivity index (χ2v) is 10.2. The van der Waals surface area contributed by atoms with Crippen LogP contribution < -0.4 is 15.5 Å². The number of morpholine rings is 1. The van der Waals surface area contributed by atoms with Gasteiger partial charge in [-0.2, -0.15) is 10.1 Å². The number of hydrogen-bond acceptors (Lipinski definition) is 10. The van der Waals surface area contributed by atoms with E-state index in [0.29, 0.717) is 31.3 Å². The number of nitrogens with two attached hydrogens (primary N) is 1. The number of primary amides is 1. The van der Waals surface area contributed by atoms with Crippen LogP contribution in [0.25, 0.3) is 10.3 Å². The fraction of sp³-hybridized carbons (Fsp3) is 0.478. The quantitative estimate of drug-likeness (QED) is 0.502. The summed E-state index contributed by atoms with van der Waals surface area (Å²) in [5.74, 6) is -0.277. The SMILES string of the molecule is CC(O)Cn1cc([C@@H]2OC=C(C(N)=O)N2c2cc3sc(N4CCOCC4)nc3nc2C2CC2)cn1.